The number of hydrogen-bond donors (Lipinski definition) is 1. The number of anilines is 1. The fourth-order valence-electron chi connectivity index (χ4n) is 1.90. The molecule has 104 valence electrons. The van der Waals surface area contributed by atoms with Crippen LogP contribution in [0.15, 0.2) is 48.5 Å². The summed E-state index contributed by atoms with van der Waals surface area (Å²) in [5.74, 6) is -0.00466. The first-order valence-electron chi connectivity index (χ1n) is 6.31. The van der Waals surface area contributed by atoms with Gasteiger partial charge in [-0.15, -0.1) is 0 Å². The Morgan fingerprint density at radius 1 is 1.15 bits per heavy atom. The van der Waals surface area contributed by atoms with Gasteiger partial charge < -0.3 is 15.2 Å². The summed E-state index contributed by atoms with van der Waals surface area (Å²) in [6.07, 6.45) is -0.178. The van der Waals surface area contributed by atoms with Crippen LogP contribution in [0.4, 0.5) is 5.69 Å². The molecule has 0 spiro atoms. The second kappa shape index (κ2) is 6.10. The second-order valence-electron chi connectivity index (χ2n) is 4.42. The van der Waals surface area contributed by atoms with E-state index in [0.29, 0.717) is 17.0 Å². The quantitative estimate of drug-likeness (QED) is 0.685. The van der Waals surface area contributed by atoms with E-state index in [4.69, 9.17) is 15.2 Å². The minimum absolute atomic E-state index is 0.178. The average molecular weight is 271 g/mol. The molecule has 0 fully saturated rings. The molecular weight excluding hydrogens is 254 g/mol. The Bertz CT molecular complexity index is 596. The molecule has 2 rings (SSSR count). The molecule has 1 unspecified atom stereocenters. The number of carbonyl (C=O) groups excluding carboxylic acids is 1. The van der Waals surface area contributed by atoms with Crippen LogP contribution in [-0.2, 0) is 4.74 Å². The number of carbonyl (C=O) groups is 1. The topological polar surface area (TPSA) is 61.5 Å². The molecule has 0 radical (unpaired) electrons. The molecule has 4 nitrogen and oxygen atoms in total. The maximum atomic E-state index is 11.7. The SMILES string of the molecule is COC(=O)c1cc(N)ccc1OC(C)c1ccccc1. The normalized spacial score (nSPS) is 11.7. The third-order valence-corrected chi connectivity index (χ3v) is 2.98. The first-order chi connectivity index (χ1) is 9.61. The zero-order valence-electron chi connectivity index (χ0n) is 11.5. The highest BCUT2D eigenvalue weighted by molar-refractivity contribution is 5.93. The van der Waals surface area contributed by atoms with Crippen molar-refractivity contribution in [3.8, 4) is 5.75 Å². The summed E-state index contributed by atoms with van der Waals surface area (Å²) in [5, 5.41) is 0. The van der Waals surface area contributed by atoms with Gasteiger partial charge >= 0.3 is 5.97 Å². The van der Waals surface area contributed by atoms with Crippen LogP contribution in [0.1, 0.15) is 28.9 Å². The predicted octanol–water partition coefficient (Wildman–Crippen LogP) is 3.20. The van der Waals surface area contributed by atoms with Crippen molar-refractivity contribution < 1.29 is 14.3 Å². The average Bonchev–Trinajstić information content (AvgIpc) is 2.49. The molecule has 4 heteroatoms. The van der Waals surface area contributed by atoms with Gasteiger partial charge in [0, 0.05) is 5.69 Å². The lowest BCUT2D eigenvalue weighted by atomic mass is 10.1. The van der Waals surface area contributed by atoms with Crippen molar-refractivity contribution in [1.82, 2.24) is 0 Å². The van der Waals surface area contributed by atoms with Crippen molar-refractivity contribution in [2.75, 3.05) is 12.8 Å². The van der Waals surface area contributed by atoms with Gasteiger partial charge in [0.05, 0.1) is 7.11 Å². The molecule has 0 aliphatic rings. The molecule has 0 saturated heterocycles. The zero-order valence-corrected chi connectivity index (χ0v) is 11.5. The number of esters is 1. The highest BCUT2D eigenvalue weighted by atomic mass is 16.5. The smallest absolute Gasteiger partial charge is 0.341 e. The number of methoxy groups -OCH3 is 1. The Morgan fingerprint density at radius 2 is 1.85 bits per heavy atom. The van der Waals surface area contributed by atoms with Crippen LogP contribution in [0.25, 0.3) is 0 Å². The van der Waals surface area contributed by atoms with Gasteiger partial charge in [-0.1, -0.05) is 30.3 Å². The summed E-state index contributed by atoms with van der Waals surface area (Å²) in [7, 11) is 1.33. The number of nitrogen functional groups attached to an aromatic ring is 1. The van der Waals surface area contributed by atoms with Crippen molar-refractivity contribution in [2.45, 2.75) is 13.0 Å². The van der Waals surface area contributed by atoms with Crippen LogP contribution >= 0.6 is 0 Å². The number of hydrogen-bond acceptors (Lipinski definition) is 4. The number of rotatable bonds is 4. The molecule has 0 aliphatic carbocycles. The minimum atomic E-state index is -0.465. The van der Waals surface area contributed by atoms with E-state index in [-0.39, 0.29) is 6.10 Å². The van der Waals surface area contributed by atoms with E-state index in [1.54, 1.807) is 18.2 Å². The first-order valence-corrected chi connectivity index (χ1v) is 6.31. The number of benzene rings is 2. The fraction of sp³-hybridized carbons (Fsp3) is 0.188. The molecule has 2 N–H and O–H groups in total. The maximum Gasteiger partial charge on any atom is 0.341 e. The molecule has 2 aromatic rings. The van der Waals surface area contributed by atoms with Crippen LogP contribution in [0.5, 0.6) is 5.75 Å². The Morgan fingerprint density at radius 3 is 2.50 bits per heavy atom. The van der Waals surface area contributed by atoms with Crippen LogP contribution in [0, 0.1) is 0 Å². The van der Waals surface area contributed by atoms with Gasteiger partial charge in [-0.3, -0.25) is 0 Å². The van der Waals surface area contributed by atoms with Crippen molar-refractivity contribution >= 4 is 11.7 Å². The van der Waals surface area contributed by atoms with Gasteiger partial charge in [0.1, 0.15) is 17.4 Å². The standard InChI is InChI=1S/C16H17NO3/c1-11(12-6-4-3-5-7-12)20-15-9-8-13(17)10-14(15)16(18)19-2/h3-11H,17H2,1-2H3. The van der Waals surface area contributed by atoms with Gasteiger partial charge in [-0.25, -0.2) is 4.79 Å². The molecule has 0 aliphatic heterocycles. The zero-order chi connectivity index (χ0) is 14.5. The van der Waals surface area contributed by atoms with Gasteiger partial charge in [0.15, 0.2) is 0 Å². The molecule has 2 aromatic carbocycles. The second-order valence-corrected chi connectivity index (χ2v) is 4.42. The van der Waals surface area contributed by atoms with Gasteiger partial charge in [0.2, 0.25) is 0 Å². The van der Waals surface area contributed by atoms with Gasteiger partial charge in [0.25, 0.3) is 0 Å². The lowest BCUT2D eigenvalue weighted by Gasteiger charge is -2.17. The molecule has 0 saturated carbocycles. The van der Waals surface area contributed by atoms with E-state index in [2.05, 4.69) is 0 Å². The van der Waals surface area contributed by atoms with Crippen molar-refractivity contribution in [2.24, 2.45) is 0 Å². The molecular formula is C16H17NO3. The van der Waals surface area contributed by atoms with E-state index in [1.165, 1.54) is 7.11 Å². The number of ether oxygens (including phenoxy) is 2. The lowest BCUT2D eigenvalue weighted by Crippen LogP contribution is -2.09. The van der Waals surface area contributed by atoms with Crippen LogP contribution in [0.2, 0.25) is 0 Å². The molecule has 1 atom stereocenters. The molecule has 0 bridgehead atoms. The van der Waals surface area contributed by atoms with Crippen LogP contribution in [0.3, 0.4) is 0 Å². The van der Waals surface area contributed by atoms with E-state index in [0.717, 1.165) is 5.56 Å². The van der Waals surface area contributed by atoms with E-state index < -0.39 is 5.97 Å². The van der Waals surface area contributed by atoms with Gasteiger partial charge in [-0.05, 0) is 30.7 Å². The van der Waals surface area contributed by atoms with Gasteiger partial charge in [-0.2, -0.15) is 0 Å². The monoisotopic (exact) mass is 271 g/mol. The Kier molecular flexibility index (Phi) is 4.25. The summed E-state index contributed by atoms with van der Waals surface area (Å²) in [6, 6.07) is 14.7. The molecule has 20 heavy (non-hydrogen) atoms. The molecule has 0 aromatic heterocycles. The molecule has 0 heterocycles. The maximum absolute atomic E-state index is 11.7. The highest BCUT2D eigenvalue weighted by Crippen LogP contribution is 2.27. The van der Waals surface area contributed by atoms with E-state index in [1.807, 2.05) is 37.3 Å². The molecule has 0 amide bonds. The Labute approximate surface area is 118 Å². The third-order valence-electron chi connectivity index (χ3n) is 2.98. The van der Waals surface area contributed by atoms with Crippen LogP contribution < -0.4 is 10.5 Å². The lowest BCUT2D eigenvalue weighted by molar-refractivity contribution is 0.0593. The Balaban J connectivity index is 2.27. The Hall–Kier alpha value is -2.49. The summed E-state index contributed by atoms with van der Waals surface area (Å²) in [4.78, 5) is 11.7. The number of nitrogens with two attached hydrogens (primary N) is 1. The summed E-state index contributed by atoms with van der Waals surface area (Å²) >= 11 is 0. The van der Waals surface area contributed by atoms with E-state index in [9.17, 15) is 4.79 Å². The van der Waals surface area contributed by atoms with E-state index >= 15 is 0 Å². The van der Waals surface area contributed by atoms with Crippen molar-refractivity contribution in [3.05, 3.63) is 59.7 Å². The van der Waals surface area contributed by atoms with Crippen LogP contribution in [-0.4, -0.2) is 13.1 Å². The summed E-state index contributed by atoms with van der Waals surface area (Å²) in [5.41, 5.74) is 7.55. The summed E-state index contributed by atoms with van der Waals surface area (Å²) < 4.78 is 10.6. The fourth-order valence-corrected chi connectivity index (χ4v) is 1.90. The highest BCUT2D eigenvalue weighted by Gasteiger charge is 2.16. The minimum Gasteiger partial charge on any atom is -0.485 e. The van der Waals surface area contributed by atoms with Crippen molar-refractivity contribution in [1.29, 1.82) is 0 Å². The van der Waals surface area contributed by atoms with Crippen molar-refractivity contribution in [3.63, 3.8) is 0 Å². The predicted molar refractivity (Wildman–Crippen MR) is 77.7 cm³/mol. The third kappa shape index (κ3) is 3.09. The first kappa shape index (κ1) is 13.9. The largest absolute Gasteiger partial charge is 0.485 e. The summed E-state index contributed by atoms with van der Waals surface area (Å²) in [6.45, 7) is 1.92.